The van der Waals surface area contributed by atoms with Crippen LogP contribution in [0.1, 0.15) is 5.56 Å². The third-order valence-corrected chi connectivity index (χ3v) is 3.17. The smallest absolute Gasteiger partial charge is 0.123 e. The van der Waals surface area contributed by atoms with Crippen molar-refractivity contribution in [2.75, 3.05) is 0 Å². The lowest BCUT2D eigenvalue weighted by atomic mass is 10.0. The number of phenols is 1. The van der Waals surface area contributed by atoms with Gasteiger partial charge < -0.3 is 5.11 Å². The summed E-state index contributed by atoms with van der Waals surface area (Å²) in [5.74, 6) is 0.179. The van der Waals surface area contributed by atoms with Crippen molar-refractivity contribution in [3.8, 4) is 16.9 Å². The molecule has 5 heteroatoms. The van der Waals surface area contributed by atoms with Crippen LogP contribution in [0, 0.1) is 6.92 Å². The number of aromatic nitrogens is 3. The molecule has 3 aromatic rings. The number of rotatable bonds is 1. The maximum Gasteiger partial charge on any atom is 0.123 e. The summed E-state index contributed by atoms with van der Waals surface area (Å²) in [7, 11) is 0. The molecule has 2 aromatic carbocycles. The minimum atomic E-state index is 0.179. The van der Waals surface area contributed by atoms with Gasteiger partial charge in [-0.2, -0.15) is 15.4 Å². The molecule has 0 fully saturated rings. The van der Waals surface area contributed by atoms with E-state index in [2.05, 4.69) is 15.4 Å². The van der Waals surface area contributed by atoms with Crippen LogP contribution >= 0.6 is 11.6 Å². The Morgan fingerprint density at radius 1 is 1.17 bits per heavy atom. The summed E-state index contributed by atoms with van der Waals surface area (Å²) >= 11 is 6.23. The highest BCUT2D eigenvalue weighted by atomic mass is 35.5. The molecule has 0 saturated heterocycles. The Hall–Kier alpha value is -2.07. The maximum atomic E-state index is 9.99. The van der Waals surface area contributed by atoms with E-state index >= 15 is 0 Å². The number of phenolic OH excluding ortho intramolecular Hbond substituents is 1. The molecule has 2 N–H and O–H groups in total. The van der Waals surface area contributed by atoms with Crippen LogP contribution in [0.25, 0.3) is 22.2 Å². The molecular formula is C13H10ClN3O. The predicted molar refractivity (Wildman–Crippen MR) is 70.7 cm³/mol. The summed E-state index contributed by atoms with van der Waals surface area (Å²) in [4.78, 5) is 0. The lowest BCUT2D eigenvalue weighted by molar-refractivity contribution is 0.477. The van der Waals surface area contributed by atoms with Gasteiger partial charge in [-0.1, -0.05) is 23.2 Å². The first-order valence-corrected chi connectivity index (χ1v) is 5.83. The lowest BCUT2D eigenvalue weighted by Crippen LogP contribution is -1.85. The summed E-state index contributed by atoms with van der Waals surface area (Å²) in [6, 6.07) is 8.92. The number of hydrogen-bond donors (Lipinski definition) is 2. The van der Waals surface area contributed by atoms with Gasteiger partial charge >= 0.3 is 0 Å². The van der Waals surface area contributed by atoms with Crippen molar-refractivity contribution in [1.82, 2.24) is 15.4 Å². The van der Waals surface area contributed by atoms with Crippen molar-refractivity contribution in [3.63, 3.8) is 0 Å². The standard InChI is InChI=1S/C13H10ClN3O/c1-7-2-5-11(18)8(6-7)12-9(14)3-4-10-13(12)16-17-15-10/h2-6,18H,1H3,(H,15,16,17). The Balaban J connectivity index is 2.40. The Morgan fingerprint density at radius 2 is 2.00 bits per heavy atom. The van der Waals surface area contributed by atoms with Crippen molar-refractivity contribution in [2.45, 2.75) is 6.92 Å². The zero-order valence-corrected chi connectivity index (χ0v) is 10.4. The van der Waals surface area contributed by atoms with Crippen LogP contribution in [0.2, 0.25) is 5.02 Å². The highest BCUT2D eigenvalue weighted by molar-refractivity contribution is 6.35. The monoisotopic (exact) mass is 259 g/mol. The number of H-pyrrole nitrogens is 1. The quantitative estimate of drug-likeness (QED) is 0.705. The Bertz CT molecular complexity index is 736. The van der Waals surface area contributed by atoms with E-state index in [1.165, 1.54) is 0 Å². The van der Waals surface area contributed by atoms with Crippen LogP contribution in [0.5, 0.6) is 5.75 Å². The summed E-state index contributed by atoms with van der Waals surface area (Å²) in [6.45, 7) is 1.96. The summed E-state index contributed by atoms with van der Waals surface area (Å²) in [5, 5.41) is 21.2. The summed E-state index contributed by atoms with van der Waals surface area (Å²) < 4.78 is 0. The lowest BCUT2D eigenvalue weighted by Gasteiger charge is -2.08. The van der Waals surface area contributed by atoms with Gasteiger partial charge in [0.15, 0.2) is 0 Å². The number of hydrogen-bond acceptors (Lipinski definition) is 3. The van der Waals surface area contributed by atoms with Gasteiger partial charge in [0.25, 0.3) is 0 Å². The molecular weight excluding hydrogens is 250 g/mol. The van der Waals surface area contributed by atoms with Crippen molar-refractivity contribution in [1.29, 1.82) is 0 Å². The number of nitrogens with zero attached hydrogens (tertiary/aromatic N) is 2. The van der Waals surface area contributed by atoms with E-state index in [0.717, 1.165) is 11.1 Å². The van der Waals surface area contributed by atoms with Crippen LogP contribution in [0.15, 0.2) is 30.3 Å². The Kier molecular flexibility index (Phi) is 2.45. The number of aryl methyl sites for hydroxylation is 1. The van der Waals surface area contributed by atoms with Gasteiger partial charge in [0.1, 0.15) is 16.8 Å². The summed E-state index contributed by atoms with van der Waals surface area (Å²) in [6.07, 6.45) is 0. The first kappa shape index (κ1) is 11.0. The fourth-order valence-electron chi connectivity index (χ4n) is 1.99. The molecule has 0 saturated carbocycles. The molecule has 0 amide bonds. The van der Waals surface area contributed by atoms with E-state index < -0.39 is 0 Å². The number of benzene rings is 2. The SMILES string of the molecule is Cc1ccc(O)c(-c2c(Cl)ccc3n[nH]nc23)c1. The highest BCUT2D eigenvalue weighted by Crippen LogP contribution is 2.38. The number of aromatic amines is 1. The van der Waals surface area contributed by atoms with Crippen molar-refractivity contribution < 1.29 is 5.11 Å². The largest absolute Gasteiger partial charge is 0.507 e. The first-order valence-electron chi connectivity index (χ1n) is 5.46. The van der Waals surface area contributed by atoms with E-state index in [4.69, 9.17) is 11.6 Å². The number of halogens is 1. The minimum absolute atomic E-state index is 0.179. The molecule has 1 heterocycles. The van der Waals surface area contributed by atoms with Gasteiger partial charge in [-0.15, -0.1) is 0 Å². The fraction of sp³-hybridized carbons (Fsp3) is 0.0769. The zero-order valence-electron chi connectivity index (χ0n) is 9.61. The minimum Gasteiger partial charge on any atom is -0.507 e. The second kappa shape index (κ2) is 3.99. The van der Waals surface area contributed by atoms with Crippen molar-refractivity contribution >= 4 is 22.6 Å². The van der Waals surface area contributed by atoms with Gasteiger partial charge in [0.2, 0.25) is 0 Å². The third-order valence-electron chi connectivity index (χ3n) is 2.86. The molecule has 0 aliphatic heterocycles. The maximum absolute atomic E-state index is 9.99. The van der Waals surface area contributed by atoms with Gasteiger partial charge in [-0.3, -0.25) is 0 Å². The topological polar surface area (TPSA) is 61.8 Å². The zero-order chi connectivity index (χ0) is 12.7. The number of aromatic hydroxyl groups is 1. The summed E-state index contributed by atoms with van der Waals surface area (Å²) in [5.41, 5.74) is 3.78. The molecule has 18 heavy (non-hydrogen) atoms. The van der Waals surface area contributed by atoms with Crippen LogP contribution in [-0.2, 0) is 0 Å². The molecule has 0 unspecified atom stereocenters. The van der Waals surface area contributed by atoms with E-state index in [0.29, 0.717) is 21.7 Å². The molecule has 4 nitrogen and oxygen atoms in total. The first-order chi connectivity index (χ1) is 8.66. The highest BCUT2D eigenvalue weighted by Gasteiger charge is 2.15. The molecule has 3 rings (SSSR count). The molecule has 0 radical (unpaired) electrons. The van der Waals surface area contributed by atoms with E-state index in [-0.39, 0.29) is 5.75 Å². The number of nitrogens with one attached hydrogen (secondary N) is 1. The van der Waals surface area contributed by atoms with Crippen LogP contribution in [0.3, 0.4) is 0 Å². The van der Waals surface area contributed by atoms with E-state index in [9.17, 15) is 5.11 Å². The average molecular weight is 260 g/mol. The van der Waals surface area contributed by atoms with Crippen molar-refractivity contribution in [3.05, 3.63) is 40.9 Å². The fourth-order valence-corrected chi connectivity index (χ4v) is 2.25. The van der Waals surface area contributed by atoms with E-state index in [1.54, 1.807) is 18.2 Å². The second-order valence-electron chi connectivity index (χ2n) is 4.13. The Morgan fingerprint density at radius 3 is 2.83 bits per heavy atom. The van der Waals surface area contributed by atoms with Gasteiger partial charge in [0, 0.05) is 11.1 Å². The Labute approximate surface area is 108 Å². The average Bonchev–Trinajstić information content (AvgIpc) is 2.81. The molecule has 0 atom stereocenters. The molecule has 0 spiro atoms. The van der Waals surface area contributed by atoms with Crippen LogP contribution < -0.4 is 0 Å². The van der Waals surface area contributed by atoms with Crippen LogP contribution in [0.4, 0.5) is 0 Å². The van der Waals surface area contributed by atoms with Gasteiger partial charge in [0.05, 0.1) is 5.02 Å². The van der Waals surface area contributed by atoms with E-state index in [1.807, 2.05) is 19.1 Å². The molecule has 1 aromatic heterocycles. The molecule has 0 bridgehead atoms. The third kappa shape index (κ3) is 1.62. The predicted octanol–water partition coefficient (Wildman–Crippen LogP) is 3.29. The normalized spacial score (nSPS) is 11.0. The van der Waals surface area contributed by atoms with Crippen molar-refractivity contribution in [2.24, 2.45) is 0 Å². The van der Waals surface area contributed by atoms with Crippen LogP contribution in [-0.4, -0.2) is 20.5 Å². The van der Waals surface area contributed by atoms with Gasteiger partial charge in [-0.25, -0.2) is 0 Å². The molecule has 0 aliphatic rings. The molecule has 90 valence electrons. The second-order valence-corrected chi connectivity index (χ2v) is 4.54. The van der Waals surface area contributed by atoms with Gasteiger partial charge in [-0.05, 0) is 31.2 Å². The molecule has 0 aliphatic carbocycles. The number of fused-ring (bicyclic) bond motifs is 1.